The molecular formula is C12H23NO3. The van der Waals surface area contributed by atoms with Crippen LogP contribution in [0.2, 0.25) is 0 Å². The Morgan fingerprint density at radius 3 is 2.69 bits per heavy atom. The summed E-state index contributed by atoms with van der Waals surface area (Å²) in [5.41, 5.74) is -0.752. The summed E-state index contributed by atoms with van der Waals surface area (Å²) in [6, 6.07) is -0.0477. The van der Waals surface area contributed by atoms with E-state index in [1.54, 1.807) is 12.0 Å². The van der Waals surface area contributed by atoms with E-state index in [0.717, 1.165) is 13.0 Å². The standard InChI is InChI=1S/C12H23NO3/c1-5-12(3,16-4)11(15)13-7-6-9(2)10(13)8-14/h9-10,14H,5-8H2,1-4H3. The molecule has 94 valence electrons. The Hall–Kier alpha value is -0.610. The predicted octanol–water partition coefficient (Wildman–Crippen LogP) is 1.03. The summed E-state index contributed by atoms with van der Waals surface area (Å²) >= 11 is 0. The number of rotatable bonds is 4. The maximum Gasteiger partial charge on any atom is 0.254 e. The van der Waals surface area contributed by atoms with Gasteiger partial charge < -0.3 is 14.7 Å². The van der Waals surface area contributed by atoms with Gasteiger partial charge in [0.25, 0.3) is 5.91 Å². The molecule has 1 rings (SSSR count). The molecule has 1 aliphatic heterocycles. The van der Waals surface area contributed by atoms with Gasteiger partial charge in [0.15, 0.2) is 0 Å². The Kier molecular flexibility index (Phi) is 4.33. The molecule has 0 aromatic heterocycles. The first-order valence-electron chi connectivity index (χ1n) is 5.97. The van der Waals surface area contributed by atoms with Gasteiger partial charge in [-0.1, -0.05) is 13.8 Å². The fourth-order valence-corrected chi connectivity index (χ4v) is 2.23. The van der Waals surface area contributed by atoms with Crippen molar-refractivity contribution in [3.63, 3.8) is 0 Å². The monoisotopic (exact) mass is 229 g/mol. The van der Waals surface area contributed by atoms with Crippen LogP contribution in [-0.2, 0) is 9.53 Å². The number of methoxy groups -OCH3 is 1. The first kappa shape index (κ1) is 13.5. The van der Waals surface area contributed by atoms with Gasteiger partial charge in [0, 0.05) is 13.7 Å². The molecule has 0 saturated carbocycles. The lowest BCUT2D eigenvalue weighted by Crippen LogP contribution is -2.51. The van der Waals surface area contributed by atoms with Crippen LogP contribution in [0.1, 0.15) is 33.6 Å². The van der Waals surface area contributed by atoms with Gasteiger partial charge in [0.1, 0.15) is 5.60 Å². The number of aliphatic hydroxyl groups excluding tert-OH is 1. The Morgan fingerprint density at radius 2 is 2.25 bits per heavy atom. The van der Waals surface area contributed by atoms with Gasteiger partial charge in [0.05, 0.1) is 12.6 Å². The Labute approximate surface area is 97.6 Å². The van der Waals surface area contributed by atoms with E-state index in [-0.39, 0.29) is 18.6 Å². The molecule has 16 heavy (non-hydrogen) atoms. The number of carbonyl (C=O) groups excluding carboxylic acids is 1. The van der Waals surface area contributed by atoms with Crippen LogP contribution in [0.15, 0.2) is 0 Å². The minimum absolute atomic E-state index is 0.000833. The summed E-state index contributed by atoms with van der Waals surface area (Å²) in [7, 11) is 1.56. The number of hydrogen-bond donors (Lipinski definition) is 1. The Balaban J connectivity index is 2.81. The van der Waals surface area contributed by atoms with Gasteiger partial charge in [-0.25, -0.2) is 0 Å². The number of hydrogen-bond acceptors (Lipinski definition) is 3. The van der Waals surface area contributed by atoms with E-state index in [1.165, 1.54) is 0 Å². The van der Waals surface area contributed by atoms with Crippen LogP contribution < -0.4 is 0 Å². The number of ether oxygens (including phenoxy) is 1. The molecule has 4 heteroatoms. The first-order valence-corrected chi connectivity index (χ1v) is 5.97. The largest absolute Gasteiger partial charge is 0.394 e. The van der Waals surface area contributed by atoms with Gasteiger partial charge in [-0.05, 0) is 25.7 Å². The minimum Gasteiger partial charge on any atom is -0.394 e. The van der Waals surface area contributed by atoms with Crippen molar-refractivity contribution in [2.45, 2.75) is 45.3 Å². The maximum absolute atomic E-state index is 12.3. The molecule has 1 amide bonds. The van der Waals surface area contributed by atoms with E-state index in [9.17, 15) is 9.90 Å². The van der Waals surface area contributed by atoms with E-state index >= 15 is 0 Å². The molecule has 0 bridgehead atoms. The lowest BCUT2D eigenvalue weighted by Gasteiger charge is -2.34. The fraction of sp³-hybridized carbons (Fsp3) is 0.917. The second kappa shape index (κ2) is 5.15. The van der Waals surface area contributed by atoms with Crippen LogP contribution in [0.25, 0.3) is 0 Å². The first-order chi connectivity index (χ1) is 7.50. The zero-order valence-electron chi connectivity index (χ0n) is 10.7. The number of carbonyl (C=O) groups is 1. The van der Waals surface area contributed by atoms with Gasteiger partial charge in [-0.15, -0.1) is 0 Å². The normalized spacial score (nSPS) is 29.2. The SMILES string of the molecule is CCC(C)(OC)C(=O)N1CCC(C)C1CO. The van der Waals surface area contributed by atoms with Gasteiger partial charge in [-0.3, -0.25) is 4.79 Å². The van der Waals surface area contributed by atoms with Crippen molar-refractivity contribution < 1.29 is 14.6 Å². The minimum atomic E-state index is -0.752. The van der Waals surface area contributed by atoms with E-state index in [4.69, 9.17) is 4.74 Å². The Bertz CT molecular complexity index is 251. The van der Waals surface area contributed by atoms with Crippen LogP contribution in [0.5, 0.6) is 0 Å². The molecule has 3 atom stereocenters. The number of aliphatic hydroxyl groups is 1. The molecule has 1 saturated heterocycles. The summed E-state index contributed by atoms with van der Waals surface area (Å²) in [5.74, 6) is 0.368. The van der Waals surface area contributed by atoms with E-state index < -0.39 is 5.60 Å². The number of amides is 1. The van der Waals surface area contributed by atoms with Crippen LogP contribution >= 0.6 is 0 Å². The summed E-state index contributed by atoms with van der Waals surface area (Å²) in [5, 5.41) is 9.33. The molecule has 0 spiro atoms. The molecular weight excluding hydrogens is 206 g/mol. The lowest BCUT2D eigenvalue weighted by atomic mass is 9.99. The summed E-state index contributed by atoms with van der Waals surface area (Å²) in [6.07, 6.45) is 1.60. The van der Waals surface area contributed by atoms with Crippen LogP contribution in [0, 0.1) is 5.92 Å². The molecule has 0 aliphatic carbocycles. The quantitative estimate of drug-likeness (QED) is 0.783. The van der Waals surface area contributed by atoms with E-state index in [1.807, 2.05) is 13.8 Å². The smallest absolute Gasteiger partial charge is 0.254 e. The fourth-order valence-electron chi connectivity index (χ4n) is 2.23. The summed E-state index contributed by atoms with van der Waals surface area (Å²) in [4.78, 5) is 14.1. The molecule has 1 N–H and O–H groups in total. The van der Waals surface area contributed by atoms with E-state index in [0.29, 0.717) is 12.3 Å². The zero-order chi connectivity index (χ0) is 12.3. The molecule has 1 heterocycles. The van der Waals surface area contributed by atoms with Crippen molar-refractivity contribution in [2.75, 3.05) is 20.3 Å². The highest BCUT2D eigenvalue weighted by molar-refractivity contribution is 5.85. The second-order valence-electron chi connectivity index (χ2n) is 4.80. The van der Waals surface area contributed by atoms with Gasteiger partial charge >= 0.3 is 0 Å². The predicted molar refractivity (Wildman–Crippen MR) is 62.1 cm³/mol. The third-order valence-corrected chi connectivity index (χ3v) is 3.91. The average Bonchev–Trinajstić information content (AvgIpc) is 2.68. The van der Waals surface area contributed by atoms with Crippen molar-refractivity contribution in [3.8, 4) is 0 Å². The second-order valence-corrected chi connectivity index (χ2v) is 4.80. The molecule has 4 nitrogen and oxygen atoms in total. The average molecular weight is 229 g/mol. The lowest BCUT2D eigenvalue weighted by molar-refractivity contribution is -0.155. The van der Waals surface area contributed by atoms with Crippen molar-refractivity contribution in [1.82, 2.24) is 4.90 Å². The topological polar surface area (TPSA) is 49.8 Å². The molecule has 1 aliphatic rings. The van der Waals surface area contributed by atoms with Crippen molar-refractivity contribution >= 4 is 5.91 Å². The van der Waals surface area contributed by atoms with E-state index in [2.05, 4.69) is 6.92 Å². The highest BCUT2D eigenvalue weighted by atomic mass is 16.5. The highest BCUT2D eigenvalue weighted by Crippen LogP contribution is 2.28. The Morgan fingerprint density at radius 1 is 1.62 bits per heavy atom. The maximum atomic E-state index is 12.3. The highest BCUT2D eigenvalue weighted by Gasteiger charge is 2.42. The molecule has 0 radical (unpaired) electrons. The molecule has 0 aromatic rings. The summed E-state index contributed by atoms with van der Waals surface area (Å²) < 4.78 is 5.32. The van der Waals surface area contributed by atoms with Gasteiger partial charge in [-0.2, -0.15) is 0 Å². The zero-order valence-corrected chi connectivity index (χ0v) is 10.7. The van der Waals surface area contributed by atoms with Gasteiger partial charge in [0.2, 0.25) is 0 Å². The van der Waals surface area contributed by atoms with Crippen molar-refractivity contribution in [2.24, 2.45) is 5.92 Å². The van der Waals surface area contributed by atoms with Crippen LogP contribution in [0.3, 0.4) is 0 Å². The number of likely N-dealkylation sites (tertiary alicyclic amines) is 1. The van der Waals surface area contributed by atoms with Crippen LogP contribution in [0.4, 0.5) is 0 Å². The molecule has 3 unspecified atom stereocenters. The number of nitrogens with zero attached hydrogens (tertiary/aromatic N) is 1. The summed E-state index contributed by atoms with van der Waals surface area (Å²) in [6.45, 7) is 6.59. The van der Waals surface area contributed by atoms with Crippen molar-refractivity contribution in [1.29, 1.82) is 0 Å². The van der Waals surface area contributed by atoms with Crippen LogP contribution in [-0.4, -0.2) is 47.8 Å². The molecule has 1 fully saturated rings. The third kappa shape index (κ3) is 2.23. The molecule has 0 aromatic carbocycles. The van der Waals surface area contributed by atoms with Crippen molar-refractivity contribution in [3.05, 3.63) is 0 Å². The third-order valence-electron chi connectivity index (χ3n) is 3.91.